The molecule has 1 amide bonds. The second kappa shape index (κ2) is 7.51. The van der Waals surface area contributed by atoms with Gasteiger partial charge >= 0.3 is 5.97 Å². The van der Waals surface area contributed by atoms with Gasteiger partial charge in [0.15, 0.2) is 0 Å². The molecule has 0 radical (unpaired) electrons. The van der Waals surface area contributed by atoms with Gasteiger partial charge in [0.05, 0.1) is 5.92 Å². The highest BCUT2D eigenvalue weighted by molar-refractivity contribution is 5.80. The van der Waals surface area contributed by atoms with Gasteiger partial charge in [-0.3, -0.25) is 9.59 Å². The molecule has 1 aliphatic heterocycles. The van der Waals surface area contributed by atoms with Gasteiger partial charge in [0.2, 0.25) is 5.91 Å². The summed E-state index contributed by atoms with van der Waals surface area (Å²) in [5, 5.41) is 9.21. The zero-order valence-corrected chi connectivity index (χ0v) is 12.4. The van der Waals surface area contributed by atoms with Crippen LogP contribution in [-0.4, -0.2) is 34.5 Å². The SMILES string of the molecule is CCCCC(CC)C(=O)N1CCC[C@H](C(=O)O)[C@@H]1C. The lowest BCUT2D eigenvalue weighted by Gasteiger charge is -2.39. The average Bonchev–Trinajstić information content (AvgIpc) is 2.39. The van der Waals surface area contributed by atoms with Crippen LogP contribution < -0.4 is 0 Å². The first-order chi connectivity index (χ1) is 9.02. The molecule has 0 aromatic rings. The molecule has 1 heterocycles. The van der Waals surface area contributed by atoms with Crippen molar-refractivity contribution in [2.45, 2.75) is 65.3 Å². The van der Waals surface area contributed by atoms with Crippen LogP contribution in [0.1, 0.15) is 59.3 Å². The first-order valence-electron chi connectivity index (χ1n) is 7.56. The lowest BCUT2D eigenvalue weighted by atomic mass is 9.88. The van der Waals surface area contributed by atoms with Gasteiger partial charge in [-0.15, -0.1) is 0 Å². The number of aliphatic carboxylic acids is 1. The Morgan fingerprint density at radius 3 is 2.58 bits per heavy atom. The highest BCUT2D eigenvalue weighted by atomic mass is 16.4. The standard InChI is InChI=1S/C15H27NO3/c1-4-6-8-12(5-2)14(17)16-10-7-9-13(11(16)3)15(18)19/h11-13H,4-10H2,1-3H3,(H,18,19)/t11-,12?,13-/m0/s1. The summed E-state index contributed by atoms with van der Waals surface area (Å²) in [6, 6.07) is -0.172. The molecule has 4 nitrogen and oxygen atoms in total. The summed E-state index contributed by atoms with van der Waals surface area (Å²) >= 11 is 0. The summed E-state index contributed by atoms with van der Waals surface area (Å²) in [5.74, 6) is -0.947. The number of likely N-dealkylation sites (tertiary alicyclic amines) is 1. The van der Waals surface area contributed by atoms with Crippen molar-refractivity contribution in [2.24, 2.45) is 11.8 Å². The Hall–Kier alpha value is -1.06. The van der Waals surface area contributed by atoms with Crippen LogP contribution in [0.2, 0.25) is 0 Å². The second-order valence-corrected chi connectivity index (χ2v) is 5.61. The predicted octanol–water partition coefficient (Wildman–Crippen LogP) is 2.91. The zero-order chi connectivity index (χ0) is 14.4. The van der Waals surface area contributed by atoms with E-state index in [1.165, 1.54) is 0 Å². The van der Waals surface area contributed by atoms with Gasteiger partial charge in [0.1, 0.15) is 0 Å². The molecule has 1 fully saturated rings. The lowest BCUT2D eigenvalue weighted by Crippen LogP contribution is -2.51. The molecule has 0 spiro atoms. The molecule has 0 aliphatic carbocycles. The molecule has 110 valence electrons. The molecule has 0 saturated carbocycles. The molecule has 1 N–H and O–H groups in total. The van der Waals surface area contributed by atoms with E-state index in [4.69, 9.17) is 0 Å². The number of carboxylic acid groups (broad SMARTS) is 1. The van der Waals surface area contributed by atoms with Crippen molar-refractivity contribution in [3.63, 3.8) is 0 Å². The molecule has 0 aromatic heterocycles. The van der Waals surface area contributed by atoms with Gasteiger partial charge in [-0.05, 0) is 32.6 Å². The van der Waals surface area contributed by atoms with Crippen molar-refractivity contribution < 1.29 is 14.7 Å². The number of unbranched alkanes of at least 4 members (excludes halogenated alkanes) is 1. The van der Waals surface area contributed by atoms with E-state index >= 15 is 0 Å². The summed E-state index contributed by atoms with van der Waals surface area (Å²) < 4.78 is 0. The second-order valence-electron chi connectivity index (χ2n) is 5.61. The maximum atomic E-state index is 12.5. The van der Waals surface area contributed by atoms with E-state index in [0.29, 0.717) is 13.0 Å². The molecule has 0 aromatic carbocycles. The first kappa shape index (κ1) is 16.0. The monoisotopic (exact) mass is 269 g/mol. The van der Waals surface area contributed by atoms with E-state index in [1.807, 2.05) is 18.7 Å². The quantitative estimate of drug-likeness (QED) is 0.806. The van der Waals surface area contributed by atoms with Crippen LogP contribution in [0.3, 0.4) is 0 Å². The Bertz CT molecular complexity index is 317. The summed E-state index contributed by atoms with van der Waals surface area (Å²) in [7, 11) is 0. The van der Waals surface area contributed by atoms with Crippen molar-refractivity contribution in [2.75, 3.05) is 6.54 Å². The Balaban J connectivity index is 2.70. The van der Waals surface area contributed by atoms with Crippen molar-refractivity contribution in [3.05, 3.63) is 0 Å². The number of rotatable bonds is 6. The van der Waals surface area contributed by atoms with E-state index < -0.39 is 11.9 Å². The lowest BCUT2D eigenvalue weighted by molar-refractivity contribution is -0.150. The van der Waals surface area contributed by atoms with Crippen LogP contribution in [0.15, 0.2) is 0 Å². The maximum Gasteiger partial charge on any atom is 0.308 e. The molecule has 19 heavy (non-hydrogen) atoms. The number of carbonyl (C=O) groups is 2. The fourth-order valence-electron chi connectivity index (χ4n) is 2.97. The normalized spacial score (nSPS) is 25.1. The predicted molar refractivity (Wildman–Crippen MR) is 74.8 cm³/mol. The Kier molecular flexibility index (Phi) is 6.32. The van der Waals surface area contributed by atoms with E-state index in [9.17, 15) is 14.7 Å². The zero-order valence-electron chi connectivity index (χ0n) is 12.4. The fraction of sp³-hybridized carbons (Fsp3) is 0.867. The van der Waals surface area contributed by atoms with Gasteiger partial charge in [-0.1, -0.05) is 26.7 Å². The number of carboxylic acids is 1. The van der Waals surface area contributed by atoms with Crippen LogP contribution in [0.4, 0.5) is 0 Å². The van der Waals surface area contributed by atoms with Crippen molar-refractivity contribution in [1.82, 2.24) is 4.90 Å². The number of hydrogen-bond acceptors (Lipinski definition) is 2. The summed E-state index contributed by atoms with van der Waals surface area (Å²) in [6.07, 6.45) is 5.42. The first-order valence-corrected chi connectivity index (χ1v) is 7.56. The highest BCUT2D eigenvalue weighted by Crippen LogP contribution is 2.27. The summed E-state index contributed by atoms with van der Waals surface area (Å²) in [6.45, 7) is 6.76. The molecule has 1 unspecified atom stereocenters. The van der Waals surface area contributed by atoms with Gasteiger partial charge in [0.25, 0.3) is 0 Å². The molecule has 0 bridgehead atoms. The Morgan fingerprint density at radius 1 is 1.37 bits per heavy atom. The van der Waals surface area contributed by atoms with Crippen LogP contribution in [0.25, 0.3) is 0 Å². The molecule has 4 heteroatoms. The summed E-state index contributed by atoms with van der Waals surface area (Å²) in [4.78, 5) is 25.6. The minimum atomic E-state index is -0.772. The number of nitrogens with zero attached hydrogens (tertiary/aromatic N) is 1. The smallest absolute Gasteiger partial charge is 0.308 e. The van der Waals surface area contributed by atoms with E-state index in [0.717, 1.165) is 32.1 Å². The maximum absolute atomic E-state index is 12.5. The average molecular weight is 269 g/mol. The van der Waals surface area contributed by atoms with Crippen molar-refractivity contribution >= 4 is 11.9 Å². The molecular weight excluding hydrogens is 242 g/mol. The molecular formula is C15H27NO3. The topological polar surface area (TPSA) is 57.6 Å². The Morgan fingerprint density at radius 2 is 2.05 bits per heavy atom. The number of amides is 1. The number of carbonyl (C=O) groups excluding carboxylic acids is 1. The minimum absolute atomic E-state index is 0.0648. The third kappa shape index (κ3) is 3.95. The van der Waals surface area contributed by atoms with Crippen LogP contribution in [0.5, 0.6) is 0 Å². The third-order valence-electron chi connectivity index (χ3n) is 4.34. The van der Waals surface area contributed by atoms with Crippen LogP contribution >= 0.6 is 0 Å². The van der Waals surface area contributed by atoms with Crippen LogP contribution in [-0.2, 0) is 9.59 Å². The molecule has 1 aliphatic rings. The molecule has 1 rings (SSSR count). The van der Waals surface area contributed by atoms with Gasteiger partial charge < -0.3 is 10.0 Å². The van der Waals surface area contributed by atoms with Crippen molar-refractivity contribution in [1.29, 1.82) is 0 Å². The van der Waals surface area contributed by atoms with Crippen molar-refractivity contribution in [3.8, 4) is 0 Å². The Labute approximate surface area is 116 Å². The molecule has 3 atom stereocenters. The highest BCUT2D eigenvalue weighted by Gasteiger charge is 2.36. The van der Waals surface area contributed by atoms with Gasteiger partial charge in [0, 0.05) is 18.5 Å². The summed E-state index contributed by atoms with van der Waals surface area (Å²) in [5.41, 5.74) is 0. The van der Waals surface area contributed by atoms with E-state index in [-0.39, 0.29) is 17.9 Å². The largest absolute Gasteiger partial charge is 0.481 e. The number of hydrogen-bond donors (Lipinski definition) is 1. The van der Waals surface area contributed by atoms with E-state index in [2.05, 4.69) is 6.92 Å². The minimum Gasteiger partial charge on any atom is -0.481 e. The van der Waals surface area contributed by atoms with Crippen LogP contribution in [0, 0.1) is 11.8 Å². The molecule has 1 saturated heterocycles. The van der Waals surface area contributed by atoms with Gasteiger partial charge in [-0.25, -0.2) is 0 Å². The fourth-order valence-corrected chi connectivity index (χ4v) is 2.97. The van der Waals surface area contributed by atoms with E-state index in [1.54, 1.807) is 0 Å². The number of piperidine rings is 1. The third-order valence-corrected chi connectivity index (χ3v) is 4.34. The van der Waals surface area contributed by atoms with Gasteiger partial charge in [-0.2, -0.15) is 0 Å².